The Morgan fingerprint density at radius 1 is 1.14 bits per heavy atom. The number of piperazine rings is 1. The van der Waals surface area contributed by atoms with Gasteiger partial charge in [-0.2, -0.15) is 5.10 Å². The Kier molecular flexibility index (Phi) is 6.66. The molecule has 0 spiro atoms. The molecule has 1 aliphatic heterocycles. The van der Waals surface area contributed by atoms with Crippen molar-refractivity contribution in [2.24, 2.45) is 5.10 Å². The zero-order valence-corrected chi connectivity index (χ0v) is 16.5. The van der Waals surface area contributed by atoms with Crippen LogP contribution < -0.4 is 15.1 Å². The normalized spacial score (nSPS) is 14.2. The molecule has 0 atom stereocenters. The van der Waals surface area contributed by atoms with Crippen molar-refractivity contribution < 1.29 is 18.7 Å². The van der Waals surface area contributed by atoms with Crippen molar-refractivity contribution in [2.45, 2.75) is 0 Å². The molecule has 1 aliphatic rings. The van der Waals surface area contributed by atoms with Gasteiger partial charge in [0.25, 0.3) is 0 Å². The fourth-order valence-corrected chi connectivity index (χ4v) is 3.23. The van der Waals surface area contributed by atoms with E-state index >= 15 is 0 Å². The summed E-state index contributed by atoms with van der Waals surface area (Å²) in [5.74, 6) is -1.40. The summed E-state index contributed by atoms with van der Waals surface area (Å²) < 4.78 is 19.0. The summed E-state index contributed by atoms with van der Waals surface area (Å²) in [5.41, 5.74) is 3.10. The maximum Gasteiger partial charge on any atom is 0.329 e. The molecular formula is C20H20ClFN4O3. The van der Waals surface area contributed by atoms with Crippen LogP contribution in [0.4, 0.5) is 10.1 Å². The molecule has 3 rings (SSSR count). The lowest BCUT2D eigenvalue weighted by Crippen LogP contribution is -2.52. The number of hydrogen-bond donors (Lipinski definition) is 1. The molecule has 0 aromatic heterocycles. The molecule has 1 saturated heterocycles. The molecular weight excluding hydrogens is 399 g/mol. The van der Waals surface area contributed by atoms with E-state index < -0.39 is 17.6 Å². The SMILES string of the molecule is COc1ccccc1N1CCN(C(=O)C(=O)N/N=C/c2c(F)cccc2Cl)CC1. The van der Waals surface area contributed by atoms with Gasteiger partial charge in [0.1, 0.15) is 11.6 Å². The van der Waals surface area contributed by atoms with Gasteiger partial charge in [0.15, 0.2) is 0 Å². The molecule has 152 valence electrons. The molecule has 7 nitrogen and oxygen atoms in total. The summed E-state index contributed by atoms with van der Waals surface area (Å²) in [6.07, 6.45) is 1.07. The molecule has 0 aliphatic carbocycles. The second-order valence-corrected chi connectivity index (χ2v) is 6.69. The second-order valence-electron chi connectivity index (χ2n) is 6.29. The minimum Gasteiger partial charge on any atom is -0.495 e. The van der Waals surface area contributed by atoms with Crippen LogP contribution in [0.25, 0.3) is 0 Å². The minimum absolute atomic E-state index is 0.0346. The Hall–Kier alpha value is -3.13. The molecule has 0 saturated carbocycles. The van der Waals surface area contributed by atoms with Gasteiger partial charge in [-0.3, -0.25) is 9.59 Å². The Morgan fingerprint density at radius 2 is 1.86 bits per heavy atom. The fraction of sp³-hybridized carbons (Fsp3) is 0.250. The van der Waals surface area contributed by atoms with Crippen molar-refractivity contribution in [3.63, 3.8) is 0 Å². The maximum absolute atomic E-state index is 13.7. The Balaban J connectivity index is 1.55. The van der Waals surface area contributed by atoms with Gasteiger partial charge in [-0.05, 0) is 24.3 Å². The first-order valence-electron chi connectivity index (χ1n) is 8.95. The average molecular weight is 419 g/mol. The molecule has 9 heteroatoms. The van der Waals surface area contributed by atoms with Crippen LogP contribution in [-0.2, 0) is 9.59 Å². The van der Waals surface area contributed by atoms with Crippen LogP contribution in [0.2, 0.25) is 5.02 Å². The van der Waals surface area contributed by atoms with E-state index in [4.69, 9.17) is 16.3 Å². The summed E-state index contributed by atoms with van der Waals surface area (Å²) in [4.78, 5) is 28.0. The van der Waals surface area contributed by atoms with E-state index in [9.17, 15) is 14.0 Å². The number of carbonyl (C=O) groups is 2. The zero-order chi connectivity index (χ0) is 20.8. The van der Waals surface area contributed by atoms with Gasteiger partial charge in [-0.25, -0.2) is 9.82 Å². The van der Waals surface area contributed by atoms with E-state index in [1.54, 1.807) is 7.11 Å². The lowest BCUT2D eigenvalue weighted by molar-refractivity contribution is -0.146. The van der Waals surface area contributed by atoms with Crippen molar-refractivity contribution in [2.75, 3.05) is 38.2 Å². The number of rotatable bonds is 4. The Bertz CT molecular complexity index is 909. The molecule has 2 amide bonds. The monoisotopic (exact) mass is 418 g/mol. The fourth-order valence-electron chi connectivity index (χ4n) is 3.02. The number of halogens is 2. The van der Waals surface area contributed by atoms with Crippen molar-refractivity contribution in [3.8, 4) is 5.75 Å². The summed E-state index contributed by atoms with van der Waals surface area (Å²) in [5, 5.41) is 3.80. The average Bonchev–Trinajstić information content (AvgIpc) is 2.75. The quantitative estimate of drug-likeness (QED) is 0.469. The van der Waals surface area contributed by atoms with Crippen LogP contribution in [0.15, 0.2) is 47.6 Å². The first kappa shape index (κ1) is 20.6. The van der Waals surface area contributed by atoms with E-state index in [0.29, 0.717) is 26.2 Å². The zero-order valence-electron chi connectivity index (χ0n) is 15.8. The number of para-hydroxylation sites is 2. The number of ether oxygens (including phenoxy) is 1. The smallest absolute Gasteiger partial charge is 0.329 e. The molecule has 1 N–H and O–H groups in total. The predicted molar refractivity (Wildman–Crippen MR) is 109 cm³/mol. The van der Waals surface area contributed by atoms with Gasteiger partial charge in [-0.15, -0.1) is 0 Å². The van der Waals surface area contributed by atoms with Gasteiger partial charge < -0.3 is 14.5 Å². The van der Waals surface area contributed by atoms with Gasteiger partial charge in [0.2, 0.25) is 0 Å². The summed E-state index contributed by atoms with van der Waals surface area (Å²) in [6.45, 7) is 1.89. The van der Waals surface area contributed by atoms with Gasteiger partial charge in [0, 0.05) is 31.7 Å². The largest absolute Gasteiger partial charge is 0.495 e. The molecule has 1 heterocycles. The standard InChI is InChI=1S/C20H20ClFN4O3/c1-29-18-8-3-2-7-17(18)25-9-11-26(12-10-25)20(28)19(27)24-23-13-14-15(21)5-4-6-16(14)22/h2-8,13H,9-12H2,1H3,(H,24,27)/b23-13+. The third-order valence-corrected chi connectivity index (χ3v) is 4.88. The number of hydrazone groups is 1. The number of anilines is 1. The van der Waals surface area contributed by atoms with Crippen molar-refractivity contribution in [3.05, 3.63) is 58.9 Å². The van der Waals surface area contributed by atoms with Crippen molar-refractivity contribution in [1.82, 2.24) is 10.3 Å². The van der Waals surface area contributed by atoms with Crippen molar-refractivity contribution in [1.29, 1.82) is 0 Å². The number of methoxy groups -OCH3 is 1. The van der Waals surface area contributed by atoms with E-state index in [-0.39, 0.29) is 10.6 Å². The summed E-state index contributed by atoms with van der Waals surface area (Å²) in [7, 11) is 1.61. The number of nitrogens with zero attached hydrogens (tertiary/aromatic N) is 3. The van der Waals surface area contributed by atoms with Crippen LogP contribution in [0.5, 0.6) is 5.75 Å². The van der Waals surface area contributed by atoms with Crippen LogP contribution >= 0.6 is 11.6 Å². The molecule has 29 heavy (non-hydrogen) atoms. The predicted octanol–water partition coefficient (Wildman–Crippen LogP) is 2.29. The van der Waals surface area contributed by atoms with Gasteiger partial charge in [0.05, 0.1) is 24.0 Å². The van der Waals surface area contributed by atoms with Gasteiger partial charge in [-0.1, -0.05) is 29.8 Å². The third kappa shape index (κ3) is 4.83. The number of hydrogen-bond acceptors (Lipinski definition) is 5. The number of nitrogens with one attached hydrogen (secondary N) is 1. The highest BCUT2D eigenvalue weighted by molar-refractivity contribution is 6.35. The molecule has 2 aromatic carbocycles. The van der Waals surface area contributed by atoms with Crippen LogP contribution in [0.3, 0.4) is 0 Å². The molecule has 0 bridgehead atoms. The van der Waals surface area contributed by atoms with Crippen LogP contribution in [0.1, 0.15) is 5.56 Å². The maximum atomic E-state index is 13.7. The molecule has 0 unspecified atom stereocenters. The number of carbonyl (C=O) groups excluding carboxylic acids is 2. The molecule has 0 radical (unpaired) electrons. The lowest BCUT2D eigenvalue weighted by atomic mass is 10.2. The highest BCUT2D eigenvalue weighted by atomic mass is 35.5. The molecule has 1 fully saturated rings. The van der Waals surface area contributed by atoms with E-state index in [1.807, 2.05) is 24.3 Å². The number of benzene rings is 2. The summed E-state index contributed by atoms with van der Waals surface area (Å²) in [6, 6.07) is 11.8. The highest BCUT2D eigenvalue weighted by Crippen LogP contribution is 2.28. The second kappa shape index (κ2) is 9.38. The van der Waals surface area contributed by atoms with E-state index in [1.165, 1.54) is 23.1 Å². The first-order chi connectivity index (χ1) is 14.0. The van der Waals surface area contributed by atoms with Crippen molar-refractivity contribution >= 4 is 35.3 Å². The van der Waals surface area contributed by atoms with Gasteiger partial charge >= 0.3 is 11.8 Å². The third-order valence-electron chi connectivity index (χ3n) is 4.55. The first-order valence-corrected chi connectivity index (χ1v) is 9.33. The van der Waals surface area contributed by atoms with E-state index in [0.717, 1.165) is 17.7 Å². The minimum atomic E-state index is -0.889. The highest BCUT2D eigenvalue weighted by Gasteiger charge is 2.26. The number of amides is 2. The summed E-state index contributed by atoms with van der Waals surface area (Å²) >= 11 is 5.88. The van der Waals surface area contributed by atoms with E-state index in [2.05, 4.69) is 15.4 Å². The molecule has 2 aromatic rings. The Morgan fingerprint density at radius 3 is 2.55 bits per heavy atom. The van der Waals surface area contributed by atoms with Crippen LogP contribution in [0, 0.1) is 5.82 Å². The Labute approximate surface area is 172 Å². The van der Waals surface area contributed by atoms with Crippen LogP contribution in [-0.4, -0.2) is 56.2 Å². The topological polar surface area (TPSA) is 74.2 Å². The lowest BCUT2D eigenvalue weighted by Gasteiger charge is -2.36.